The number of anilines is 3. The maximum atomic E-state index is 11.7. The third-order valence-electron chi connectivity index (χ3n) is 3.95. The zero-order chi connectivity index (χ0) is 19.4. The van der Waals surface area contributed by atoms with E-state index in [2.05, 4.69) is 25.6 Å². The monoisotopic (exact) mass is 365 g/mol. The van der Waals surface area contributed by atoms with Gasteiger partial charge in [-0.25, -0.2) is 9.97 Å². The van der Waals surface area contributed by atoms with Crippen molar-refractivity contribution in [2.75, 3.05) is 10.6 Å². The second-order valence-electron chi connectivity index (χ2n) is 5.86. The molecule has 9 nitrogen and oxygen atoms in total. The summed E-state index contributed by atoms with van der Waals surface area (Å²) in [6, 6.07) is 8.67. The molecule has 0 saturated carbocycles. The normalized spacial score (nSPS) is 11.7. The predicted octanol–water partition coefficient (Wildman–Crippen LogP) is 1.54. The van der Waals surface area contributed by atoms with E-state index in [4.69, 9.17) is 11.5 Å². The van der Waals surface area contributed by atoms with Crippen LogP contribution in [0.2, 0.25) is 0 Å². The van der Waals surface area contributed by atoms with Gasteiger partial charge in [0.1, 0.15) is 11.9 Å². The summed E-state index contributed by atoms with van der Waals surface area (Å²) in [5.74, 6) is -0.749. The Kier molecular flexibility index (Phi) is 5.11. The van der Waals surface area contributed by atoms with E-state index in [9.17, 15) is 9.59 Å². The molecule has 0 spiro atoms. The van der Waals surface area contributed by atoms with Crippen LogP contribution >= 0.6 is 0 Å². The highest BCUT2D eigenvalue weighted by Crippen LogP contribution is 2.23. The first kappa shape index (κ1) is 18.1. The summed E-state index contributed by atoms with van der Waals surface area (Å²) in [6.45, 7) is 1.82. The number of benzene rings is 1. The van der Waals surface area contributed by atoms with E-state index in [1.807, 2.05) is 31.2 Å². The summed E-state index contributed by atoms with van der Waals surface area (Å²) < 4.78 is 0. The number of hydrogen-bond acceptors (Lipinski definition) is 7. The molecular weight excluding hydrogens is 346 g/mol. The van der Waals surface area contributed by atoms with Gasteiger partial charge >= 0.3 is 0 Å². The fourth-order valence-corrected chi connectivity index (χ4v) is 2.57. The molecule has 2 heterocycles. The summed E-state index contributed by atoms with van der Waals surface area (Å²) in [4.78, 5) is 35.8. The fraction of sp³-hybridized carbons (Fsp3) is 0.167. The van der Waals surface area contributed by atoms with Crippen LogP contribution < -0.4 is 22.1 Å². The molecule has 0 fully saturated rings. The van der Waals surface area contributed by atoms with Crippen molar-refractivity contribution in [1.82, 2.24) is 15.0 Å². The molecule has 2 aromatic heterocycles. The third kappa shape index (κ3) is 4.09. The van der Waals surface area contributed by atoms with Gasteiger partial charge in [0.25, 0.3) is 5.91 Å². The molecule has 0 unspecified atom stereocenters. The number of carbonyl (C=O) groups excluding carboxylic acids is 2. The van der Waals surface area contributed by atoms with Gasteiger partial charge in [-0.2, -0.15) is 0 Å². The number of rotatable bonds is 7. The summed E-state index contributed by atoms with van der Waals surface area (Å²) in [7, 11) is 0. The number of nitrogens with zero attached hydrogens (tertiary/aromatic N) is 3. The molecule has 1 atom stereocenters. The van der Waals surface area contributed by atoms with Crippen molar-refractivity contribution in [3.63, 3.8) is 0 Å². The van der Waals surface area contributed by atoms with Crippen molar-refractivity contribution in [1.29, 1.82) is 0 Å². The van der Waals surface area contributed by atoms with E-state index in [1.165, 1.54) is 6.20 Å². The molecule has 0 aliphatic rings. The van der Waals surface area contributed by atoms with Gasteiger partial charge < -0.3 is 22.1 Å². The lowest BCUT2D eigenvalue weighted by molar-refractivity contribution is -0.118. The van der Waals surface area contributed by atoms with Crippen LogP contribution in [0, 0.1) is 0 Å². The number of primary amides is 2. The van der Waals surface area contributed by atoms with Gasteiger partial charge in [-0.05, 0) is 30.7 Å². The Morgan fingerprint density at radius 1 is 1.19 bits per heavy atom. The SMILES string of the molecule is CC[C@@H](Nc1cnc(C(N)=O)c(Nc2ccc3ncccc3c2)n1)C(N)=O. The molecule has 3 rings (SSSR count). The number of fused-ring (bicyclic) bond motifs is 1. The standard InChI is InChI=1S/C18H19N7O2/c1-2-12(16(19)26)24-14-9-22-15(17(20)27)18(25-14)23-11-5-6-13-10(8-11)4-3-7-21-13/h3-9,12H,2H2,1H3,(H2,19,26)(H2,20,27)(H2,23,24,25)/t12-/m1/s1. The largest absolute Gasteiger partial charge is 0.368 e. The van der Waals surface area contributed by atoms with Gasteiger partial charge in [-0.3, -0.25) is 14.6 Å². The van der Waals surface area contributed by atoms with Crippen LogP contribution in [0.3, 0.4) is 0 Å². The number of carbonyl (C=O) groups is 2. The lowest BCUT2D eigenvalue weighted by atomic mass is 10.2. The minimum Gasteiger partial charge on any atom is -0.368 e. The van der Waals surface area contributed by atoms with Crippen LogP contribution in [0.4, 0.5) is 17.3 Å². The second kappa shape index (κ2) is 7.65. The maximum absolute atomic E-state index is 11.7. The molecule has 0 bridgehead atoms. The second-order valence-corrected chi connectivity index (χ2v) is 5.86. The first-order valence-corrected chi connectivity index (χ1v) is 8.32. The Morgan fingerprint density at radius 3 is 2.70 bits per heavy atom. The average Bonchev–Trinajstić information content (AvgIpc) is 2.65. The average molecular weight is 365 g/mol. The van der Waals surface area contributed by atoms with Gasteiger partial charge in [-0.1, -0.05) is 13.0 Å². The summed E-state index contributed by atoms with van der Waals surface area (Å²) in [5.41, 5.74) is 12.3. The number of aromatic nitrogens is 3. The molecule has 138 valence electrons. The van der Waals surface area contributed by atoms with E-state index < -0.39 is 17.9 Å². The van der Waals surface area contributed by atoms with E-state index in [0.717, 1.165) is 10.9 Å². The van der Waals surface area contributed by atoms with Crippen molar-refractivity contribution in [3.8, 4) is 0 Å². The first-order valence-electron chi connectivity index (χ1n) is 8.32. The molecular formula is C18H19N7O2. The van der Waals surface area contributed by atoms with Crippen molar-refractivity contribution in [2.45, 2.75) is 19.4 Å². The van der Waals surface area contributed by atoms with Crippen molar-refractivity contribution < 1.29 is 9.59 Å². The number of nitrogens with two attached hydrogens (primary N) is 2. The molecule has 1 aromatic carbocycles. The topological polar surface area (TPSA) is 149 Å². The molecule has 0 aliphatic carbocycles. The van der Waals surface area contributed by atoms with Crippen molar-refractivity contribution in [3.05, 3.63) is 48.4 Å². The Balaban J connectivity index is 1.94. The minimum absolute atomic E-state index is 0.0149. The summed E-state index contributed by atoms with van der Waals surface area (Å²) >= 11 is 0. The van der Waals surface area contributed by atoms with E-state index in [-0.39, 0.29) is 11.5 Å². The van der Waals surface area contributed by atoms with E-state index in [1.54, 1.807) is 12.3 Å². The van der Waals surface area contributed by atoms with Crippen LogP contribution in [-0.4, -0.2) is 32.8 Å². The van der Waals surface area contributed by atoms with Crippen molar-refractivity contribution >= 4 is 40.0 Å². The number of amides is 2. The van der Waals surface area contributed by atoms with E-state index in [0.29, 0.717) is 17.9 Å². The molecule has 27 heavy (non-hydrogen) atoms. The lowest BCUT2D eigenvalue weighted by Crippen LogP contribution is -2.35. The van der Waals surface area contributed by atoms with Crippen LogP contribution in [0.5, 0.6) is 0 Å². The van der Waals surface area contributed by atoms with Gasteiger partial charge in [0.05, 0.1) is 11.7 Å². The predicted molar refractivity (Wildman–Crippen MR) is 102 cm³/mol. The van der Waals surface area contributed by atoms with Gasteiger partial charge in [0.2, 0.25) is 5.91 Å². The number of hydrogen-bond donors (Lipinski definition) is 4. The fourth-order valence-electron chi connectivity index (χ4n) is 2.57. The lowest BCUT2D eigenvalue weighted by Gasteiger charge is -2.15. The van der Waals surface area contributed by atoms with Crippen LogP contribution in [-0.2, 0) is 4.79 Å². The van der Waals surface area contributed by atoms with Crippen molar-refractivity contribution in [2.24, 2.45) is 11.5 Å². The van der Waals surface area contributed by atoms with Gasteiger partial charge in [-0.15, -0.1) is 0 Å². The molecule has 9 heteroatoms. The van der Waals surface area contributed by atoms with E-state index >= 15 is 0 Å². The highest BCUT2D eigenvalue weighted by Gasteiger charge is 2.17. The van der Waals surface area contributed by atoms with Gasteiger partial charge in [0.15, 0.2) is 11.5 Å². The Hall–Kier alpha value is -3.75. The quantitative estimate of drug-likeness (QED) is 0.496. The summed E-state index contributed by atoms with van der Waals surface area (Å²) in [6.07, 6.45) is 3.53. The van der Waals surface area contributed by atoms with Gasteiger partial charge in [0, 0.05) is 17.3 Å². The molecule has 6 N–H and O–H groups in total. The molecule has 0 radical (unpaired) electrons. The third-order valence-corrected chi connectivity index (χ3v) is 3.95. The molecule has 2 amide bonds. The Morgan fingerprint density at radius 2 is 2.00 bits per heavy atom. The number of nitrogens with one attached hydrogen (secondary N) is 2. The molecule has 0 aliphatic heterocycles. The van der Waals surface area contributed by atoms with Crippen LogP contribution in [0.15, 0.2) is 42.7 Å². The Bertz CT molecular complexity index is 1010. The Labute approximate surface area is 155 Å². The minimum atomic E-state index is -0.721. The molecule has 3 aromatic rings. The molecule has 0 saturated heterocycles. The maximum Gasteiger partial charge on any atom is 0.271 e. The highest BCUT2D eigenvalue weighted by molar-refractivity contribution is 5.96. The zero-order valence-electron chi connectivity index (χ0n) is 14.6. The van der Waals surface area contributed by atoms with Crippen LogP contribution in [0.25, 0.3) is 10.9 Å². The number of pyridine rings is 1. The summed E-state index contributed by atoms with van der Waals surface area (Å²) in [5, 5.41) is 6.87. The highest BCUT2D eigenvalue weighted by atomic mass is 16.1. The first-order chi connectivity index (χ1) is 13.0. The zero-order valence-corrected chi connectivity index (χ0v) is 14.6. The smallest absolute Gasteiger partial charge is 0.271 e. The van der Waals surface area contributed by atoms with Crippen LogP contribution in [0.1, 0.15) is 23.8 Å².